The highest BCUT2D eigenvalue weighted by molar-refractivity contribution is 7.99. The number of aliphatic hydroxyl groups excluding tert-OH is 2. The molecule has 0 amide bonds. The zero-order valence-electron chi connectivity index (χ0n) is 11.2. The van der Waals surface area contributed by atoms with Gasteiger partial charge in [-0.1, -0.05) is 19.9 Å². The van der Waals surface area contributed by atoms with Gasteiger partial charge in [-0.05, 0) is 18.1 Å². The Morgan fingerprint density at radius 3 is 2.72 bits per heavy atom. The van der Waals surface area contributed by atoms with Gasteiger partial charge in [-0.15, -0.1) is 11.8 Å². The van der Waals surface area contributed by atoms with Gasteiger partial charge in [0.1, 0.15) is 0 Å². The van der Waals surface area contributed by atoms with E-state index in [0.717, 1.165) is 22.7 Å². The van der Waals surface area contributed by atoms with Crippen LogP contribution in [0.3, 0.4) is 0 Å². The van der Waals surface area contributed by atoms with Crippen molar-refractivity contribution in [1.29, 1.82) is 0 Å². The zero-order valence-corrected chi connectivity index (χ0v) is 12.0. The highest BCUT2D eigenvalue weighted by Gasteiger charge is 2.07. The lowest BCUT2D eigenvalue weighted by molar-refractivity contribution is 0.113. The third-order valence-corrected chi connectivity index (χ3v) is 3.68. The van der Waals surface area contributed by atoms with E-state index in [1.54, 1.807) is 0 Å². The van der Waals surface area contributed by atoms with Gasteiger partial charge in [0.2, 0.25) is 0 Å². The summed E-state index contributed by atoms with van der Waals surface area (Å²) < 4.78 is 0. The van der Waals surface area contributed by atoms with Crippen LogP contribution in [0, 0.1) is 6.92 Å². The second kappa shape index (κ2) is 7.74. The number of nitrogens with zero attached hydrogens (tertiary/aromatic N) is 1. The fourth-order valence-corrected chi connectivity index (χ4v) is 2.29. The number of pyridine rings is 1. The van der Waals surface area contributed by atoms with Crippen molar-refractivity contribution in [1.82, 2.24) is 10.3 Å². The van der Waals surface area contributed by atoms with E-state index in [2.05, 4.69) is 30.2 Å². The molecule has 1 heterocycles. The molecular weight excluding hydrogens is 248 g/mol. The molecule has 0 radical (unpaired) electrons. The summed E-state index contributed by atoms with van der Waals surface area (Å²) in [6, 6.07) is 2.56. The summed E-state index contributed by atoms with van der Waals surface area (Å²) in [6.07, 6.45) is 1.18. The molecule has 102 valence electrons. The molecule has 5 heteroatoms. The van der Waals surface area contributed by atoms with E-state index in [4.69, 9.17) is 5.11 Å². The molecule has 1 atom stereocenters. The van der Waals surface area contributed by atoms with Crippen molar-refractivity contribution in [2.24, 2.45) is 0 Å². The number of rotatable bonds is 7. The van der Waals surface area contributed by atoms with Crippen LogP contribution in [0.25, 0.3) is 0 Å². The van der Waals surface area contributed by atoms with Crippen molar-refractivity contribution in [2.75, 3.05) is 12.4 Å². The maximum Gasteiger partial charge on any atom is 0.0990 e. The highest BCUT2D eigenvalue weighted by atomic mass is 32.2. The average Bonchev–Trinajstić information content (AvgIpc) is 2.34. The summed E-state index contributed by atoms with van der Waals surface area (Å²) in [7, 11) is 0. The Kier molecular flexibility index (Phi) is 6.63. The number of nitrogens with one attached hydrogen (secondary N) is 1. The molecule has 1 aromatic heterocycles. The number of thioether (sulfide) groups is 1. The smallest absolute Gasteiger partial charge is 0.0990 e. The molecule has 0 aromatic carbocycles. The SMILES string of the molecule is Cc1cc(CNC(C)C)cnc1SCC(O)CO. The second-order valence-electron chi connectivity index (χ2n) is 4.65. The number of aliphatic hydroxyl groups is 2. The highest BCUT2D eigenvalue weighted by Crippen LogP contribution is 2.21. The number of hydrogen-bond acceptors (Lipinski definition) is 5. The molecule has 1 aromatic rings. The Morgan fingerprint density at radius 1 is 1.44 bits per heavy atom. The number of aryl methyl sites for hydroxylation is 1. The first kappa shape index (κ1) is 15.4. The van der Waals surface area contributed by atoms with Crippen LogP contribution in [0.2, 0.25) is 0 Å². The van der Waals surface area contributed by atoms with E-state index in [1.165, 1.54) is 11.8 Å². The van der Waals surface area contributed by atoms with Gasteiger partial charge in [-0.3, -0.25) is 0 Å². The first-order chi connectivity index (χ1) is 8.52. The van der Waals surface area contributed by atoms with Crippen LogP contribution in [-0.4, -0.2) is 39.7 Å². The molecule has 0 aliphatic carbocycles. The maximum atomic E-state index is 9.30. The Bertz CT molecular complexity index is 372. The largest absolute Gasteiger partial charge is 0.394 e. The standard InChI is InChI=1S/C13H22N2O2S/c1-9(2)14-5-11-4-10(3)13(15-6-11)18-8-12(17)7-16/h4,6,9,12,14,16-17H,5,7-8H2,1-3H3. The van der Waals surface area contributed by atoms with Crippen LogP contribution in [0.4, 0.5) is 0 Å². The lowest BCUT2D eigenvalue weighted by Crippen LogP contribution is -2.22. The van der Waals surface area contributed by atoms with E-state index >= 15 is 0 Å². The molecule has 0 aliphatic rings. The lowest BCUT2D eigenvalue weighted by atomic mass is 10.2. The Hall–Kier alpha value is -0.620. The number of aromatic nitrogens is 1. The topological polar surface area (TPSA) is 65.4 Å². The normalized spacial score (nSPS) is 13.0. The van der Waals surface area contributed by atoms with Crippen LogP contribution in [0.1, 0.15) is 25.0 Å². The summed E-state index contributed by atoms with van der Waals surface area (Å²) in [5.41, 5.74) is 2.27. The fraction of sp³-hybridized carbons (Fsp3) is 0.615. The van der Waals surface area contributed by atoms with Crippen LogP contribution >= 0.6 is 11.8 Å². The second-order valence-corrected chi connectivity index (χ2v) is 5.66. The van der Waals surface area contributed by atoms with E-state index in [1.807, 2.05) is 13.1 Å². The number of hydrogen-bond donors (Lipinski definition) is 3. The Labute approximate surface area is 113 Å². The molecule has 0 saturated heterocycles. The molecule has 0 saturated carbocycles. The van der Waals surface area contributed by atoms with E-state index in [-0.39, 0.29) is 6.61 Å². The molecule has 18 heavy (non-hydrogen) atoms. The average molecular weight is 270 g/mol. The van der Waals surface area contributed by atoms with Crippen molar-refractivity contribution in [3.63, 3.8) is 0 Å². The van der Waals surface area contributed by atoms with Crippen molar-refractivity contribution in [2.45, 2.75) is 44.5 Å². The molecule has 4 nitrogen and oxygen atoms in total. The minimum absolute atomic E-state index is 0.206. The summed E-state index contributed by atoms with van der Waals surface area (Å²) in [5.74, 6) is 0.466. The summed E-state index contributed by atoms with van der Waals surface area (Å²) >= 11 is 1.47. The predicted octanol–water partition coefficient (Wildman–Crippen LogP) is 1.33. The van der Waals surface area contributed by atoms with Gasteiger partial charge in [0.15, 0.2) is 0 Å². The minimum atomic E-state index is -0.682. The van der Waals surface area contributed by atoms with E-state index in [9.17, 15) is 5.11 Å². The van der Waals surface area contributed by atoms with Gasteiger partial charge < -0.3 is 15.5 Å². The molecule has 3 N–H and O–H groups in total. The predicted molar refractivity (Wildman–Crippen MR) is 74.8 cm³/mol. The van der Waals surface area contributed by atoms with Crippen LogP contribution < -0.4 is 5.32 Å². The van der Waals surface area contributed by atoms with Crippen LogP contribution in [0.5, 0.6) is 0 Å². The first-order valence-corrected chi connectivity index (χ1v) is 7.12. The van der Waals surface area contributed by atoms with Crippen LogP contribution in [0.15, 0.2) is 17.3 Å². The molecular formula is C13H22N2O2S. The molecule has 0 fully saturated rings. The zero-order chi connectivity index (χ0) is 13.5. The molecule has 1 rings (SSSR count). The first-order valence-electron chi connectivity index (χ1n) is 6.13. The molecule has 1 unspecified atom stereocenters. The lowest BCUT2D eigenvalue weighted by Gasteiger charge is -2.11. The van der Waals surface area contributed by atoms with E-state index in [0.29, 0.717) is 11.8 Å². The van der Waals surface area contributed by atoms with Gasteiger partial charge >= 0.3 is 0 Å². The fourth-order valence-electron chi connectivity index (χ4n) is 1.42. The van der Waals surface area contributed by atoms with Crippen molar-refractivity contribution in [3.8, 4) is 0 Å². The minimum Gasteiger partial charge on any atom is -0.394 e. The third kappa shape index (κ3) is 5.35. The maximum absolute atomic E-state index is 9.30. The van der Waals surface area contributed by atoms with Crippen molar-refractivity contribution in [3.05, 3.63) is 23.4 Å². The van der Waals surface area contributed by atoms with Crippen LogP contribution in [-0.2, 0) is 6.54 Å². The van der Waals surface area contributed by atoms with Gasteiger partial charge in [0.25, 0.3) is 0 Å². The van der Waals surface area contributed by atoms with Gasteiger partial charge in [0, 0.05) is 24.5 Å². The van der Waals surface area contributed by atoms with Gasteiger partial charge in [-0.2, -0.15) is 0 Å². The van der Waals surface area contributed by atoms with Gasteiger partial charge in [0.05, 0.1) is 17.7 Å². The summed E-state index contributed by atoms with van der Waals surface area (Å²) in [6.45, 7) is 6.85. The summed E-state index contributed by atoms with van der Waals surface area (Å²) in [5, 5.41) is 22.3. The quantitative estimate of drug-likeness (QED) is 0.652. The molecule has 0 bridgehead atoms. The van der Waals surface area contributed by atoms with Crippen molar-refractivity contribution < 1.29 is 10.2 Å². The monoisotopic (exact) mass is 270 g/mol. The summed E-state index contributed by atoms with van der Waals surface area (Å²) in [4.78, 5) is 4.39. The van der Waals surface area contributed by atoms with E-state index < -0.39 is 6.10 Å². The Balaban J connectivity index is 2.56. The van der Waals surface area contributed by atoms with Gasteiger partial charge in [-0.25, -0.2) is 4.98 Å². The van der Waals surface area contributed by atoms with Crippen molar-refractivity contribution >= 4 is 11.8 Å². The Morgan fingerprint density at radius 2 is 2.17 bits per heavy atom. The molecule has 0 aliphatic heterocycles. The molecule has 0 spiro atoms. The third-order valence-electron chi connectivity index (χ3n) is 2.42.